The molecule has 1 aliphatic rings. The number of hydrogen-bond acceptors (Lipinski definition) is 4. The Morgan fingerprint density at radius 3 is 2.48 bits per heavy atom. The molecular weight excluding hydrogens is 340 g/mol. The van der Waals surface area contributed by atoms with Gasteiger partial charge < -0.3 is 15.0 Å². The molecule has 0 aliphatic carbocycles. The molecule has 0 bridgehead atoms. The number of nitrogens with zero attached hydrogens (tertiary/aromatic N) is 3. The molecule has 0 atom stereocenters. The number of ether oxygens (including phenoxy) is 1. The maximum atomic E-state index is 12.8. The number of aromatic nitrogens is 2. The van der Waals surface area contributed by atoms with E-state index in [1.807, 2.05) is 30.3 Å². The molecule has 2 heterocycles. The van der Waals surface area contributed by atoms with Gasteiger partial charge in [0.25, 0.3) is 11.5 Å². The van der Waals surface area contributed by atoms with Crippen molar-refractivity contribution in [3.63, 3.8) is 0 Å². The van der Waals surface area contributed by atoms with Gasteiger partial charge in [-0.1, -0.05) is 30.4 Å². The van der Waals surface area contributed by atoms with Crippen molar-refractivity contribution in [1.29, 1.82) is 0 Å². The molecule has 1 N–H and O–H groups in total. The Bertz CT molecular complexity index is 851. The molecule has 0 saturated carbocycles. The van der Waals surface area contributed by atoms with Gasteiger partial charge in [0.05, 0.1) is 24.6 Å². The van der Waals surface area contributed by atoms with Crippen LogP contribution in [-0.4, -0.2) is 51.5 Å². The number of amides is 1. The van der Waals surface area contributed by atoms with Gasteiger partial charge in [-0.05, 0) is 19.1 Å². The molecule has 7 nitrogen and oxygen atoms in total. The van der Waals surface area contributed by atoms with E-state index in [9.17, 15) is 9.59 Å². The second-order valence-corrected chi connectivity index (χ2v) is 6.18. The molecule has 0 radical (unpaired) electrons. The summed E-state index contributed by atoms with van der Waals surface area (Å²) in [6, 6.07) is 9.27. The summed E-state index contributed by atoms with van der Waals surface area (Å²) >= 11 is 5.26. The van der Waals surface area contributed by atoms with Crippen LogP contribution in [-0.2, 0) is 16.6 Å². The third-order valence-corrected chi connectivity index (χ3v) is 4.73. The van der Waals surface area contributed by atoms with Crippen molar-refractivity contribution >= 4 is 28.8 Å². The van der Waals surface area contributed by atoms with Crippen LogP contribution in [0.3, 0.4) is 0 Å². The van der Waals surface area contributed by atoms with E-state index in [1.165, 1.54) is 4.68 Å². The van der Waals surface area contributed by atoms with E-state index in [0.29, 0.717) is 32.0 Å². The van der Waals surface area contributed by atoms with Crippen LogP contribution in [0.1, 0.15) is 5.69 Å². The number of carbonyl (C=O) groups excluding carboxylic acids is 1. The molecule has 1 aromatic heterocycles. The van der Waals surface area contributed by atoms with Gasteiger partial charge in [0.15, 0.2) is 4.99 Å². The average molecular weight is 360 g/mol. The molecule has 0 spiro atoms. The van der Waals surface area contributed by atoms with Crippen molar-refractivity contribution in [2.24, 2.45) is 7.05 Å². The van der Waals surface area contributed by atoms with Gasteiger partial charge >= 0.3 is 0 Å². The summed E-state index contributed by atoms with van der Waals surface area (Å²) in [6.07, 6.45) is 0. The zero-order valence-corrected chi connectivity index (χ0v) is 15.0. The number of rotatable bonds is 2. The highest BCUT2D eigenvalue weighted by Gasteiger charge is 2.23. The average Bonchev–Trinajstić information content (AvgIpc) is 2.86. The number of anilines is 1. The Kier molecular flexibility index (Phi) is 5.00. The van der Waals surface area contributed by atoms with Gasteiger partial charge in [-0.2, -0.15) is 0 Å². The van der Waals surface area contributed by atoms with Crippen LogP contribution in [0, 0.1) is 6.92 Å². The molecule has 1 saturated heterocycles. The van der Waals surface area contributed by atoms with Crippen molar-refractivity contribution in [3.05, 3.63) is 46.4 Å². The van der Waals surface area contributed by atoms with Crippen LogP contribution in [0.2, 0.25) is 0 Å². The monoisotopic (exact) mass is 360 g/mol. The lowest BCUT2D eigenvalue weighted by atomic mass is 10.3. The molecule has 2 aromatic rings. The highest BCUT2D eigenvalue weighted by molar-refractivity contribution is 7.82. The van der Waals surface area contributed by atoms with Crippen molar-refractivity contribution in [2.75, 3.05) is 31.6 Å². The quantitative estimate of drug-likeness (QED) is 0.812. The van der Waals surface area contributed by atoms with E-state index in [2.05, 4.69) is 5.32 Å². The fourth-order valence-corrected chi connectivity index (χ4v) is 3.02. The first-order chi connectivity index (χ1) is 12.0. The zero-order valence-electron chi connectivity index (χ0n) is 14.2. The molecule has 1 amide bonds. The van der Waals surface area contributed by atoms with E-state index >= 15 is 0 Å². The number of benzene rings is 1. The van der Waals surface area contributed by atoms with E-state index < -0.39 is 5.91 Å². The van der Waals surface area contributed by atoms with E-state index in [4.69, 9.17) is 17.0 Å². The van der Waals surface area contributed by atoms with Crippen molar-refractivity contribution in [2.45, 2.75) is 6.92 Å². The first-order valence-corrected chi connectivity index (χ1v) is 8.43. The Balaban J connectivity index is 1.87. The number of morpholine rings is 1. The Hall–Kier alpha value is -2.45. The number of nitrogens with one attached hydrogen (secondary N) is 1. The lowest BCUT2D eigenvalue weighted by Crippen LogP contribution is -2.45. The Labute approximate surface area is 150 Å². The maximum absolute atomic E-state index is 12.8. The Morgan fingerprint density at radius 1 is 1.20 bits per heavy atom. The third kappa shape index (κ3) is 3.35. The van der Waals surface area contributed by atoms with Crippen LogP contribution in [0.5, 0.6) is 0 Å². The van der Waals surface area contributed by atoms with Crippen molar-refractivity contribution < 1.29 is 9.53 Å². The van der Waals surface area contributed by atoms with Crippen LogP contribution >= 0.6 is 12.2 Å². The summed E-state index contributed by atoms with van der Waals surface area (Å²) in [5, 5.41) is 2.69. The summed E-state index contributed by atoms with van der Waals surface area (Å²) in [5.41, 5.74) is 1.35. The summed E-state index contributed by atoms with van der Waals surface area (Å²) in [6.45, 7) is 4.02. The van der Waals surface area contributed by atoms with Crippen molar-refractivity contribution in [3.8, 4) is 5.69 Å². The van der Waals surface area contributed by atoms with Gasteiger partial charge in [-0.25, -0.2) is 4.68 Å². The molecular formula is C17H20N4O3S. The van der Waals surface area contributed by atoms with E-state index in [1.54, 1.807) is 23.6 Å². The summed E-state index contributed by atoms with van der Waals surface area (Å²) in [7, 11) is 1.78. The normalized spacial score (nSPS) is 14.4. The molecule has 3 rings (SSSR count). The maximum Gasteiger partial charge on any atom is 0.295 e. The molecule has 8 heteroatoms. The predicted molar refractivity (Wildman–Crippen MR) is 99.4 cm³/mol. The van der Waals surface area contributed by atoms with Gasteiger partial charge in [0.2, 0.25) is 0 Å². The fourth-order valence-electron chi connectivity index (χ4n) is 2.79. The highest BCUT2D eigenvalue weighted by atomic mass is 32.1. The SMILES string of the molecule is Cc1c(NC(=O)C(=S)N2CCOCC2)c(=O)n(-c2ccccc2)n1C. The van der Waals surface area contributed by atoms with Gasteiger partial charge in [0, 0.05) is 20.1 Å². The predicted octanol–water partition coefficient (Wildman–Crippen LogP) is 1.08. The lowest BCUT2D eigenvalue weighted by Gasteiger charge is -2.28. The second kappa shape index (κ2) is 7.20. The number of thiocarbonyl (C=S) groups is 1. The first kappa shape index (κ1) is 17.4. The number of para-hydroxylation sites is 1. The number of carbonyl (C=O) groups is 1. The van der Waals surface area contributed by atoms with E-state index in [0.717, 1.165) is 5.69 Å². The minimum Gasteiger partial charge on any atom is -0.378 e. The molecule has 132 valence electrons. The van der Waals surface area contributed by atoms with Crippen LogP contribution in [0.4, 0.5) is 5.69 Å². The molecule has 1 fully saturated rings. The minimum absolute atomic E-state index is 0.178. The number of hydrogen-bond donors (Lipinski definition) is 1. The lowest BCUT2D eigenvalue weighted by molar-refractivity contribution is -0.111. The summed E-state index contributed by atoms with van der Waals surface area (Å²) in [5.74, 6) is -0.442. The van der Waals surface area contributed by atoms with E-state index in [-0.39, 0.29) is 16.2 Å². The van der Waals surface area contributed by atoms with Crippen LogP contribution < -0.4 is 10.9 Å². The minimum atomic E-state index is -0.442. The molecule has 1 aliphatic heterocycles. The third-order valence-electron chi connectivity index (χ3n) is 4.29. The molecule has 25 heavy (non-hydrogen) atoms. The van der Waals surface area contributed by atoms with Gasteiger partial charge in [-0.3, -0.25) is 14.3 Å². The topological polar surface area (TPSA) is 68.5 Å². The van der Waals surface area contributed by atoms with Crippen molar-refractivity contribution in [1.82, 2.24) is 14.3 Å². The summed E-state index contributed by atoms with van der Waals surface area (Å²) in [4.78, 5) is 27.2. The molecule has 0 unspecified atom stereocenters. The fraction of sp³-hybridized carbons (Fsp3) is 0.353. The Morgan fingerprint density at radius 2 is 1.84 bits per heavy atom. The van der Waals surface area contributed by atoms with Crippen LogP contribution in [0.25, 0.3) is 5.69 Å². The van der Waals surface area contributed by atoms with Crippen LogP contribution in [0.15, 0.2) is 35.1 Å². The zero-order chi connectivity index (χ0) is 18.0. The van der Waals surface area contributed by atoms with Gasteiger partial charge in [0.1, 0.15) is 5.69 Å². The largest absolute Gasteiger partial charge is 0.378 e. The molecule has 1 aromatic carbocycles. The first-order valence-electron chi connectivity index (χ1n) is 8.02. The van der Waals surface area contributed by atoms with Gasteiger partial charge in [-0.15, -0.1) is 0 Å². The standard InChI is InChI=1S/C17H20N4O3S/c1-12-14(18-15(22)17(25)20-8-10-24-11-9-20)16(23)21(19(12)2)13-6-4-3-5-7-13/h3-7H,8-11H2,1-2H3,(H,18,22). The summed E-state index contributed by atoms with van der Waals surface area (Å²) < 4.78 is 8.49. The highest BCUT2D eigenvalue weighted by Crippen LogP contribution is 2.14. The second-order valence-electron chi connectivity index (χ2n) is 5.80. The smallest absolute Gasteiger partial charge is 0.295 e.